The summed E-state index contributed by atoms with van der Waals surface area (Å²) >= 11 is 3.26. The molecule has 1 amide bonds. The average Bonchev–Trinajstić information content (AvgIpc) is 2.62. The summed E-state index contributed by atoms with van der Waals surface area (Å²) in [6.07, 6.45) is 1.72. The third-order valence-corrected chi connectivity index (χ3v) is 6.85. The van der Waals surface area contributed by atoms with Crippen molar-refractivity contribution >= 4 is 31.9 Å². The Labute approximate surface area is 163 Å². The van der Waals surface area contributed by atoms with Crippen LogP contribution in [0, 0.1) is 0 Å². The summed E-state index contributed by atoms with van der Waals surface area (Å²) in [6.45, 7) is 2.06. The van der Waals surface area contributed by atoms with Crippen LogP contribution in [0.25, 0.3) is 0 Å². The van der Waals surface area contributed by atoms with Gasteiger partial charge in [-0.25, -0.2) is 12.7 Å². The predicted molar refractivity (Wildman–Crippen MR) is 107 cm³/mol. The lowest BCUT2D eigenvalue weighted by Gasteiger charge is -2.19. The van der Waals surface area contributed by atoms with Crippen molar-refractivity contribution in [3.63, 3.8) is 0 Å². The van der Waals surface area contributed by atoms with Crippen LogP contribution in [-0.2, 0) is 10.0 Å². The fraction of sp³-hybridized carbons (Fsp3) is 0.316. The lowest BCUT2D eigenvalue weighted by atomic mass is 10.0. The fourth-order valence-corrected chi connectivity index (χ4v) is 4.42. The average molecular weight is 439 g/mol. The van der Waals surface area contributed by atoms with E-state index in [0.717, 1.165) is 22.7 Å². The van der Waals surface area contributed by atoms with E-state index in [0.29, 0.717) is 10.0 Å². The maximum Gasteiger partial charge on any atom is 0.251 e. The van der Waals surface area contributed by atoms with Crippen molar-refractivity contribution in [3.05, 3.63) is 64.1 Å². The fourth-order valence-electron chi connectivity index (χ4n) is 2.58. The lowest BCUT2D eigenvalue weighted by molar-refractivity contribution is 0.0934. The molecule has 5 nitrogen and oxygen atoms in total. The molecule has 0 spiro atoms. The molecule has 0 saturated carbocycles. The molecule has 0 aliphatic rings. The normalized spacial score (nSPS) is 12.8. The van der Waals surface area contributed by atoms with Crippen LogP contribution >= 0.6 is 15.9 Å². The largest absolute Gasteiger partial charge is 0.345 e. The van der Waals surface area contributed by atoms with Crippen LogP contribution in [0.2, 0.25) is 0 Å². The monoisotopic (exact) mass is 438 g/mol. The highest BCUT2D eigenvalue weighted by atomic mass is 79.9. The number of halogens is 1. The number of benzene rings is 2. The molecule has 140 valence electrons. The van der Waals surface area contributed by atoms with E-state index in [-0.39, 0.29) is 16.8 Å². The number of nitrogens with zero attached hydrogens (tertiary/aromatic N) is 1. The molecule has 0 aliphatic carbocycles. The molecule has 2 rings (SSSR count). The van der Waals surface area contributed by atoms with Crippen molar-refractivity contribution in [2.45, 2.75) is 30.7 Å². The van der Waals surface area contributed by atoms with Gasteiger partial charge in [-0.2, -0.15) is 0 Å². The summed E-state index contributed by atoms with van der Waals surface area (Å²) in [6, 6.07) is 14.2. The van der Waals surface area contributed by atoms with Crippen LogP contribution in [-0.4, -0.2) is 32.7 Å². The molecule has 1 unspecified atom stereocenters. The Morgan fingerprint density at radius 3 is 2.38 bits per heavy atom. The highest BCUT2D eigenvalue weighted by Crippen LogP contribution is 2.26. The topological polar surface area (TPSA) is 66.5 Å². The second kappa shape index (κ2) is 8.79. The number of hydrogen-bond donors (Lipinski definition) is 1. The number of rotatable bonds is 7. The Morgan fingerprint density at radius 2 is 1.81 bits per heavy atom. The van der Waals surface area contributed by atoms with Crippen LogP contribution in [0.4, 0.5) is 0 Å². The SMILES string of the molecule is CCCC(NC(=O)c1ccc(Br)c(S(=O)(=O)N(C)C)c1)c1ccccc1. The van der Waals surface area contributed by atoms with Gasteiger partial charge >= 0.3 is 0 Å². The number of amides is 1. The molecule has 0 heterocycles. The van der Waals surface area contributed by atoms with Gasteiger partial charge < -0.3 is 5.32 Å². The van der Waals surface area contributed by atoms with E-state index in [1.807, 2.05) is 30.3 Å². The predicted octanol–water partition coefficient (Wildman–Crippen LogP) is 3.97. The van der Waals surface area contributed by atoms with Crippen molar-refractivity contribution < 1.29 is 13.2 Å². The molecule has 0 fully saturated rings. The summed E-state index contributed by atoms with van der Waals surface area (Å²) in [5, 5.41) is 3.02. The summed E-state index contributed by atoms with van der Waals surface area (Å²) < 4.78 is 26.4. The molecule has 2 aromatic carbocycles. The van der Waals surface area contributed by atoms with E-state index in [1.165, 1.54) is 20.2 Å². The maximum atomic E-state index is 12.7. The molecular formula is C19H23BrN2O3S. The zero-order valence-corrected chi connectivity index (χ0v) is 17.5. The third-order valence-electron chi connectivity index (χ3n) is 4.04. The number of carbonyl (C=O) groups is 1. The molecule has 7 heteroatoms. The number of carbonyl (C=O) groups excluding carboxylic acids is 1. The molecule has 2 aromatic rings. The minimum atomic E-state index is -3.65. The van der Waals surface area contributed by atoms with Gasteiger partial charge in [0.25, 0.3) is 5.91 Å². The summed E-state index contributed by atoms with van der Waals surface area (Å²) in [4.78, 5) is 12.8. The van der Waals surface area contributed by atoms with Gasteiger partial charge in [-0.15, -0.1) is 0 Å². The molecular weight excluding hydrogens is 416 g/mol. The van der Waals surface area contributed by atoms with E-state index in [2.05, 4.69) is 28.2 Å². The minimum absolute atomic E-state index is 0.0712. The lowest BCUT2D eigenvalue weighted by Crippen LogP contribution is -2.29. The smallest absolute Gasteiger partial charge is 0.251 e. The van der Waals surface area contributed by atoms with E-state index in [9.17, 15) is 13.2 Å². The zero-order valence-electron chi connectivity index (χ0n) is 15.1. The molecule has 26 heavy (non-hydrogen) atoms. The minimum Gasteiger partial charge on any atom is -0.345 e. The first kappa shape index (κ1) is 20.6. The zero-order chi connectivity index (χ0) is 19.3. The third kappa shape index (κ3) is 4.72. The molecule has 0 saturated heterocycles. The highest BCUT2D eigenvalue weighted by Gasteiger charge is 2.23. The van der Waals surface area contributed by atoms with Crippen LogP contribution < -0.4 is 5.32 Å². The van der Waals surface area contributed by atoms with Gasteiger partial charge in [0.15, 0.2) is 0 Å². The molecule has 0 radical (unpaired) electrons. The Balaban J connectivity index is 2.32. The van der Waals surface area contributed by atoms with Crippen LogP contribution in [0.5, 0.6) is 0 Å². The maximum absolute atomic E-state index is 12.7. The van der Waals surface area contributed by atoms with E-state index < -0.39 is 10.0 Å². The van der Waals surface area contributed by atoms with Crippen molar-refractivity contribution in [2.75, 3.05) is 14.1 Å². The van der Waals surface area contributed by atoms with Crippen LogP contribution in [0.1, 0.15) is 41.7 Å². The summed E-state index contributed by atoms with van der Waals surface area (Å²) in [5.41, 5.74) is 1.34. The van der Waals surface area contributed by atoms with Crippen LogP contribution in [0.15, 0.2) is 57.9 Å². The Morgan fingerprint density at radius 1 is 1.15 bits per heavy atom. The second-order valence-corrected chi connectivity index (χ2v) is 9.13. The summed E-state index contributed by atoms with van der Waals surface area (Å²) in [5.74, 6) is -0.296. The van der Waals surface area contributed by atoms with E-state index in [4.69, 9.17) is 0 Å². The van der Waals surface area contributed by atoms with Gasteiger partial charge in [-0.1, -0.05) is 43.7 Å². The standard InChI is InChI=1S/C19H23BrN2O3S/c1-4-8-17(14-9-6-5-7-10-14)21-19(23)15-11-12-16(20)18(13-15)26(24,25)22(2)3/h5-7,9-13,17H,4,8H2,1-3H3,(H,21,23). The Kier molecular flexibility index (Phi) is 6.97. The van der Waals surface area contributed by atoms with Crippen molar-refractivity contribution in [1.82, 2.24) is 9.62 Å². The summed E-state index contributed by atoms with van der Waals surface area (Å²) in [7, 11) is -0.729. The van der Waals surface area contributed by atoms with Gasteiger partial charge in [0.1, 0.15) is 0 Å². The molecule has 0 aromatic heterocycles. The van der Waals surface area contributed by atoms with E-state index >= 15 is 0 Å². The van der Waals surface area contributed by atoms with E-state index in [1.54, 1.807) is 12.1 Å². The van der Waals surface area contributed by atoms with Gasteiger partial charge in [0.2, 0.25) is 10.0 Å². The van der Waals surface area contributed by atoms with Gasteiger partial charge in [0, 0.05) is 24.1 Å². The van der Waals surface area contributed by atoms with Gasteiger partial charge in [-0.3, -0.25) is 4.79 Å². The van der Waals surface area contributed by atoms with Crippen LogP contribution in [0.3, 0.4) is 0 Å². The second-order valence-electron chi connectivity index (χ2n) is 6.16. The highest BCUT2D eigenvalue weighted by molar-refractivity contribution is 9.10. The van der Waals surface area contributed by atoms with Gasteiger partial charge in [0.05, 0.1) is 10.9 Å². The number of nitrogens with one attached hydrogen (secondary N) is 1. The molecule has 1 atom stereocenters. The number of hydrogen-bond acceptors (Lipinski definition) is 3. The number of sulfonamides is 1. The first-order valence-electron chi connectivity index (χ1n) is 8.35. The molecule has 0 aliphatic heterocycles. The van der Waals surface area contributed by atoms with Crippen molar-refractivity contribution in [2.24, 2.45) is 0 Å². The van der Waals surface area contributed by atoms with Gasteiger partial charge in [-0.05, 0) is 46.1 Å². The first-order chi connectivity index (χ1) is 12.3. The van der Waals surface area contributed by atoms with Crippen molar-refractivity contribution in [3.8, 4) is 0 Å². The Bertz CT molecular complexity index is 868. The first-order valence-corrected chi connectivity index (χ1v) is 10.6. The molecule has 1 N–H and O–H groups in total. The molecule has 0 bridgehead atoms. The van der Waals surface area contributed by atoms with Crippen molar-refractivity contribution in [1.29, 1.82) is 0 Å². The quantitative estimate of drug-likeness (QED) is 0.710. The Hall–Kier alpha value is -1.70.